The molecule has 0 aliphatic carbocycles. The van der Waals surface area contributed by atoms with Crippen molar-refractivity contribution >= 4 is 23.6 Å². The van der Waals surface area contributed by atoms with Gasteiger partial charge in [0.15, 0.2) is 5.16 Å². The fraction of sp³-hybridized carbons (Fsp3) is 0.538. The second kappa shape index (κ2) is 5.51. The standard InChI is InChI=1S/C13H17N3O4S/c1-4-16(13(2,3)11(19)20)10(18)8-7-14-12-15(9(8)17)5-6-21-12/h7H,4-6H2,1-3H3,(H,19,20). The van der Waals surface area contributed by atoms with E-state index in [9.17, 15) is 19.5 Å². The van der Waals surface area contributed by atoms with Crippen LogP contribution in [0.3, 0.4) is 0 Å². The predicted molar refractivity (Wildman–Crippen MR) is 77.6 cm³/mol. The van der Waals surface area contributed by atoms with Crippen molar-refractivity contribution in [1.29, 1.82) is 0 Å². The molecule has 0 bridgehead atoms. The number of carbonyl (C=O) groups excluding carboxylic acids is 1. The molecular weight excluding hydrogens is 294 g/mol. The van der Waals surface area contributed by atoms with Gasteiger partial charge >= 0.3 is 5.97 Å². The van der Waals surface area contributed by atoms with Crippen molar-refractivity contribution in [3.8, 4) is 0 Å². The Morgan fingerprint density at radius 1 is 1.52 bits per heavy atom. The number of carbonyl (C=O) groups is 2. The van der Waals surface area contributed by atoms with Crippen LogP contribution >= 0.6 is 11.8 Å². The zero-order valence-electron chi connectivity index (χ0n) is 12.1. The third-order valence-corrected chi connectivity index (χ3v) is 4.52. The summed E-state index contributed by atoms with van der Waals surface area (Å²) in [5.41, 5.74) is -1.89. The topological polar surface area (TPSA) is 92.5 Å². The molecule has 0 saturated carbocycles. The molecule has 1 aromatic heterocycles. The van der Waals surface area contributed by atoms with E-state index >= 15 is 0 Å². The molecule has 1 aliphatic rings. The molecule has 1 aliphatic heterocycles. The van der Waals surface area contributed by atoms with Crippen LogP contribution < -0.4 is 5.56 Å². The van der Waals surface area contributed by atoms with Gasteiger partial charge in [-0.25, -0.2) is 9.78 Å². The van der Waals surface area contributed by atoms with E-state index in [1.807, 2.05) is 0 Å². The molecule has 0 saturated heterocycles. The highest BCUT2D eigenvalue weighted by molar-refractivity contribution is 7.99. The van der Waals surface area contributed by atoms with Crippen LogP contribution in [0.2, 0.25) is 0 Å². The fourth-order valence-electron chi connectivity index (χ4n) is 2.22. The predicted octanol–water partition coefficient (Wildman–Crippen LogP) is 0.674. The molecule has 2 heterocycles. The Kier molecular flexibility index (Phi) is 4.08. The molecule has 7 nitrogen and oxygen atoms in total. The van der Waals surface area contributed by atoms with Gasteiger partial charge in [0.25, 0.3) is 11.5 Å². The summed E-state index contributed by atoms with van der Waals surface area (Å²) in [5, 5.41) is 9.86. The summed E-state index contributed by atoms with van der Waals surface area (Å²) in [6.45, 7) is 5.25. The van der Waals surface area contributed by atoms with Crippen molar-refractivity contribution in [1.82, 2.24) is 14.5 Å². The van der Waals surface area contributed by atoms with Crippen LogP contribution in [-0.2, 0) is 11.3 Å². The SMILES string of the molecule is CCN(C(=O)c1cnc2n(c1=O)CCS2)C(C)(C)C(=O)O. The number of hydrogen-bond acceptors (Lipinski definition) is 5. The van der Waals surface area contributed by atoms with Crippen LogP contribution in [0, 0.1) is 0 Å². The minimum absolute atomic E-state index is 0.0857. The van der Waals surface area contributed by atoms with Crippen molar-refractivity contribution in [2.45, 2.75) is 38.0 Å². The molecule has 0 radical (unpaired) electrons. The van der Waals surface area contributed by atoms with E-state index in [-0.39, 0.29) is 12.1 Å². The quantitative estimate of drug-likeness (QED) is 0.822. The Morgan fingerprint density at radius 2 is 2.19 bits per heavy atom. The largest absolute Gasteiger partial charge is 0.480 e. The first kappa shape index (κ1) is 15.6. The summed E-state index contributed by atoms with van der Waals surface area (Å²) in [6, 6.07) is 0. The van der Waals surface area contributed by atoms with Crippen LogP contribution in [0.5, 0.6) is 0 Å². The maximum Gasteiger partial charge on any atom is 0.329 e. The number of carboxylic acids is 1. The van der Waals surface area contributed by atoms with E-state index in [2.05, 4.69) is 4.98 Å². The van der Waals surface area contributed by atoms with Gasteiger partial charge in [-0.2, -0.15) is 0 Å². The molecule has 0 fully saturated rings. The van der Waals surface area contributed by atoms with Gasteiger partial charge in [-0.15, -0.1) is 0 Å². The second-order valence-corrected chi connectivity index (χ2v) is 6.24. The fourth-order valence-corrected chi connectivity index (χ4v) is 3.13. The molecule has 0 aromatic carbocycles. The lowest BCUT2D eigenvalue weighted by molar-refractivity contribution is -0.147. The third kappa shape index (κ3) is 2.55. The minimum Gasteiger partial charge on any atom is -0.480 e. The number of likely N-dealkylation sites (N-methyl/N-ethyl adjacent to an activating group) is 1. The summed E-state index contributed by atoms with van der Waals surface area (Å²) in [6.07, 6.45) is 1.25. The van der Waals surface area contributed by atoms with E-state index in [4.69, 9.17) is 0 Å². The molecule has 0 unspecified atom stereocenters. The Hall–Kier alpha value is -1.83. The number of aromatic nitrogens is 2. The lowest BCUT2D eigenvalue weighted by Gasteiger charge is -2.34. The molecule has 2 rings (SSSR count). The van der Waals surface area contributed by atoms with Crippen LogP contribution in [0.1, 0.15) is 31.1 Å². The highest BCUT2D eigenvalue weighted by atomic mass is 32.2. The zero-order chi connectivity index (χ0) is 15.8. The van der Waals surface area contributed by atoms with Gasteiger partial charge in [-0.1, -0.05) is 11.8 Å². The van der Waals surface area contributed by atoms with Crippen molar-refractivity contribution in [2.75, 3.05) is 12.3 Å². The van der Waals surface area contributed by atoms with Gasteiger partial charge in [0.05, 0.1) is 0 Å². The second-order valence-electron chi connectivity index (χ2n) is 5.17. The first-order valence-corrected chi connectivity index (χ1v) is 7.57. The summed E-state index contributed by atoms with van der Waals surface area (Å²) in [7, 11) is 0. The summed E-state index contributed by atoms with van der Waals surface area (Å²) < 4.78 is 1.46. The zero-order valence-corrected chi connectivity index (χ0v) is 12.9. The molecular formula is C13H17N3O4S. The molecule has 1 N–H and O–H groups in total. The van der Waals surface area contributed by atoms with E-state index in [0.717, 1.165) is 5.75 Å². The monoisotopic (exact) mass is 311 g/mol. The number of carboxylic acid groups (broad SMARTS) is 1. The summed E-state index contributed by atoms with van der Waals surface area (Å²) in [4.78, 5) is 41.5. The molecule has 0 spiro atoms. The third-order valence-electron chi connectivity index (χ3n) is 3.55. The van der Waals surface area contributed by atoms with Gasteiger partial charge in [0.2, 0.25) is 0 Å². The first-order valence-electron chi connectivity index (χ1n) is 6.58. The average molecular weight is 311 g/mol. The lowest BCUT2D eigenvalue weighted by Crippen LogP contribution is -2.54. The number of nitrogens with zero attached hydrogens (tertiary/aromatic N) is 3. The van der Waals surface area contributed by atoms with Gasteiger partial charge < -0.3 is 10.0 Å². The van der Waals surface area contributed by atoms with Crippen LogP contribution in [0.15, 0.2) is 16.1 Å². The number of thioether (sulfide) groups is 1. The first-order chi connectivity index (χ1) is 9.80. The van der Waals surface area contributed by atoms with Gasteiger partial charge in [-0.05, 0) is 20.8 Å². The van der Waals surface area contributed by atoms with Crippen LogP contribution in [0.4, 0.5) is 0 Å². The minimum atomic E-state index is -1.39. The number of fused-ring (bicyclic) bond motifs is 1. The van der Waals surface area contributed by atoms with E-state index in [1.54, 1.807) is 6.92 Å². The van der Waals surface area contributed by atoms with Crippen molar-refractivity contribution in [3.63, 3.8) is 0 Å². The van der Waals surface area contributed by atoms with Crippen LogP contribution in [-0.4, -0.2) is 49.3 Å². The van der Waals surface area contributed by atoms with Crippen molar-refractivity contribution in [2.24, 2.45) is 0 Å². The smallest absolute Gasteiger partial charge is 0.329 e. The Labute approximate surface area is 126 Å². The van der Waals surface area contributed by atoms with Gasteiger partial charge in [-0.3, -0.25) is 14.2 Å². The van der Waals surface area contributed by atoms with Gasteiger partial charge in [0, 0.05) is 25.0 Å². The summed E-state index contributed by atoms with van der Waals surface area (Å²) >= 11 is 1.46. The summed E-state index contributed by atoms with van der Waals surface area (Å²) in [5.74, 6) is -0.977. The number of amides is 1. The van der Waals surface area contributed by atoms with Gasteiger partial charge in [0.1, 0.15) is 11.1 Å². The average Bonchev–Trinajstić information content (AvgIpc) is 2.88. The Balaban J connectivity index is 2.45. The van der Waals surface area contributed by atoms with E-state index in [0.29, 0.717) is 11.7 Å². The Bertz CT molecular complexity index is 653. The normalized spacial score (nSPS) is 13.9. The maximum atomic E-state index is 12.6. The van der Waals surface area contributed by atoms with Crippen molar-refractivity contribution < 1.29 is 14.7 Å². The molecule has 1 aromatic rings. The van der Waals surface area contributed by atoms with Crippen LogP contribution in [0.25, 0.3) is 0 Å². The van der Waals surface area contributed by atoms with E-state index < -0.39 is 23.0 Å². The van der Waals surface area contributed by atoms with Crippen molar-refractivity contribution in [3.05, 3.63) is 22.1 Å². The number of aliphatic carboxylic acids is 1. The molecule has 21 heavy (non-hydrogen) atoms. The molecule has 8 heteroatoms. The highest BCUT2D eigenvalue weighted by Gasteiger charge is 2.38. The maximum absolute atomic E-state index is 12.6. The molecule has 114 valence electrons. The number of hydrogen-bond donors (Lipinski definition) is 1. The number of rotatable bonds is 4. The van der Waals surface area contributed by atoms with E-state index in [1.165, 1.54) is 41.3 Å². The Morgan fingerprint density at radius 3 is 2.76 bits per heavy atom. The highest BCUT2D eigenvalue weighted by Crippen LogP contribution is 2.22. The molecule has 0 atom stereocenters. The lowest BCUT2D eigenvalue weighted by atomic mass is 10.0. The molecule has 1 amide bonds.